The van der Waals surface area contributed by atoms with Gasteiger partial charge in [0.2, 0.25) is 5.91 Å². The number of rotatable bonds is 4. The molecule has 1 unspecified atom stereocenters. The number of thiazole rings is 1. The lowest BCUT2D eigenvalue weighted by atomic mass is 9.80. The van der Waals surface area contributed by atoms with Gasteiger partial charge in [0.15, 0.2) is 0 Å². The maximum absolute atomic E-state index is 11.1. The molecule has 0 spiro atoms. The van der Waals surface area contributed by atoms with Crippen molar-refractivity contribution < 1.29 is 4.79 Å². The van der Waals surface area contributed by atoms with E-state index in [1.165, 1.54) is 0 Å². The molecule has 4 N–H and O–H groups in total. The van der Waals surface area contributed by atoms with Crippen molar-refractivity contribution in [2.75, 3.05) is 13.1 Å². The number of likely N-dealkylation sites (tertiary alicyclic amines) is 1. The van der Waals surface area contributed by atoms with Crippen LogP contribution in [0.3, 0.4) is 0 Å². The molecule has 1 aliphatic rings. The number of amides is 1. The Hall–Kier alpha value is -1.18. The minimum atomic E-state index is -0.410. The normalized spacial score (nSPS) is 19.3. The monoisotopic (exact) mass is 416 g/mol. The lowest BCUT2D eigenvalue weighted by Gasteiger charge is -2.42. The summed E-state index contributed by atoms with van der Waals surface area (Å²) in [5.74, 6) is -0.410. The van der Waals surface area contributed by atoms with Crippen LogP contribution in [0.1, 0.15) is 36.3 Å². The largest absolute Gasteiger partial charge is 0.366 e. The molecule has 1 aromatic heterocycles. The van der Waals surface area contributed by atoms with Crippen molar-refractivity contribution in [3.05, 3.63) is 40.9 Å². The fraction of sp³-hybridized carbons (Fsp3) is 0.444. The Morgan fingerprint density at radius 1 is 1.31 bits per heavy atom. The van der Waals surface area contributed by atoms with Crippen LogP contribution >= 0.6 is 36.2 Å². The molecule has 2 aromatic rings. The molecule has 144 valence electrons. The molecule has 3 rings (SSSR count). The number of piperidine rings is 1. The first kappa shape index (κ1) is 22.9. The smallest absolute Gasteiger partial charge is 0.248 e. The van der Waals surface area contributed by atoms with Gasteiger partial charge in [0.25, 0.3) is 0 Å². The third kappa shape index (κ3) is 5.18. The minimum absolute atomic E-state index is 0. The SMILES string of the molecule is CC1(C)CN(Cc2csc(-c3ccc(C(N)=O)cc3)n2)CCC1N.Cl.Cl. The van der Waals surface area contributed by atoms with E-state index in [-0.39, 0.29) is 36.3 Å². The van der Waals surface area contributed by atoms with E-state index in [2.05, 4.69) is 24.1 Å². The highest BCUT2D eigenvalue weighted by Crippen LogP contribution is 2.30. The molecule has 1 atom stereocenters. The minimum Gasteiger partial charge on any atom is -0.366 e. The van der Waals surface area contributed by atoms with Crippen molar-refractivity contribution in [2.24, 2.45) is 16.9 Å². The Morgan fingerprint density at radius 3 is 2.54 bits per heavy atom. The zero-order chi connectivity index (χ0) is 17.3. The van der Waals surface area contributed by atoms with Gasteiger partial charge in [0, 0.05) is 42.2 Å². The number of primary amides is 1. The van der Waals surface area contributed by atoms with Gasteiger partial charge in [0.05, 0.1) is 5.69 Å². The molecule has 26 heavy (non-hydrogen) atoms. The summed E-state index contributed by atoms with van der Waals surface area (Å²) in [6.07, 6.45) is 1.03. The van der Waals surface area contributed by atoms with E-state index >= 15 is 0 Å². The van der Waals surface area contributed by atoms with Crippen molar-refractivity contribution in [3.8, 4) is 10.6 Å². The van der Waals surface area contributed by atoms with E-state index in [4.69, 9.17) is 16.5 Å². The van der Waals surface area contributed by atoms with Gasteiger partial charge in [-0.1, -0.05) is 26.0 Å². The summed E-state index contributed by atoms with van der Waals surface area (Å²) in [5.41, 5.74) is 14.2. The molecule has 0 radical (unpaired) electrons. The maximum atomic E-state index is 11.1. The molecule has 1 amide bonds. The Kier molecular flexibility index (Phi) is 8.04. The van der Waals surface area contributed by atoms with Crippen molar-refractivity contribution in [1.82, 2.24) is 9.88 Å². The second kappa shape index (κ2) is 9.15. The van der Waals surface area contributed by atoms with E-state index in [9.17, 15) is 4.79 Å². The Balaban J connectivity index is 0.00000169. The first-order valence-electron chi connectivity index (χ1n) is 8.18. The van der Waals surface area contributed by atoms with E-state index < -0.39 is 5.91 Å². The average molecular weight is 417 g/mol. The van der Waals surface area contributed by atoms with Crippen LogP contribution in [0.5, 0.6) is 0 Å². The van der Waals surface area contributed by atoms with Gasteiger partial charge < -0.3 is 11.5 Å². The fourth-order valence-electron chi connectivity index (χ4n) is 3.14. The maximum Gasteiger partial charge on any atom is 0.248 e. The summed E-state index contributed by atoms with van der Waals surface area (Å²) in [5, 5.41) is 3.08. The second-order valence-electron chi connectivity index (χ2n) is 7.18. The van der Waals surface area contributed by atoms with Gasteiger partial charge in [-0.15, -0.1) is 36.2 Å². The fourth-order valence-corrected chi connectivity index (χ4v) is 3.96. The number of aromatic nitrogens is 1. The van der Waals surface area contributed by atoms with Crippen LogP contribution in [0.15, 0.2) is 29.6 Å². The molecule has 1 fully saturated rings. The topological polar surface area (TPSA) is 85.2 Å². The van der Waals surface area contributed by atoms with E-state index in [1.54, 1.807) is 23.5 Å². The van der Waals surface area contributed by atoms with Crippen molar-refractivity contribution in [1.29, 1.82) is 0 Å². The van der Waals surface area contributed by atoms with Crippen LogP contribution < -0.4 is 11.5 Å². The van der Waals surface area contributed by atoms with Gasteiger partial charge in [-0.05, 0) is 24.0 Å². The highest BCUT2D eigenvalue weighted by atomic mass is 35.5. The summed E-state index contributed by atoms with van der Waals surface area (Å²) >= 11 is 1.63. The van der Waals surface area contributed by atoms with Gasteiger partial charge in [-0.2, -0.15) is 0 Å². The molecule has 1 aromatic carbocycles. The summed E-state index contributed by atoms with van der Waals surface area (Å²) in [4.78, 5) is 18.3. The predicted molar refractivity (Wildman–Crippen MR) is 112 cm³/mol. The standard InChI is InChI=1S/C18H24N4OS.2ClH/c1-18(2)11-22(8-7-15(18)19)9-14-10-24-17(21-14)13-5-3-12(4-6-13)16(20)23;;/h3-6,10,15H,7-9,11,19H2,1-2H3,(H2,20,23);2*1H. The number of benzene rings is 1. The zero-order valence-electron chi connectivity index (χ0n) is 15.0. The first-order valence-corrected chi connectivity index (χ1v) is 9.06. The number of nitrogens with two attached hydrogens (primary N) is 2. The Bertz CT molecular complexity index is 733. The lowest BCUT2D eigenvalue weighted by Crippen LogP contribution is -2.52. The molecule has 0 saturated carbocycles. The van der Waals surface area contributed by atoms with Crippen molar-refractivity contribution in [2.45, 2.75) is 32.9 Å². The Labute approximate surface area is 171 Å². The van der Waals surface area contributed by atoms with E-state index in [0.717, 1.165) is 42.3 Å². The van der Waals surface area contributed by atoms with Crippen LogP contribution in [-0.2, 0) is 6.54 Å². The zero-order valence-corrected chi connectivity index (χ0v) is 17.4. The molecule has 8 heteroatoms. The highest BCUT2D eigenvalue weighted by molar-refractivity contribution is 7.13. The first-order chi connectivity index (χ1) is 11.3. The molecule has 5 nitrogen and oxygen atoms in total. The summed E-state index contributed by atoms with van der Waals surface area (Å²) in [6, 6.07) is 7.54. The molecule has 1 saturated heterocycles. The van der Waals surface area contributed by atoms with Crippen molar-refractivity contribution in [3.63, 3.8) is 0 Å². The number of carbonyl (C=O) groups is 1. The molecule has 0 aliphatic carbocycles. The van der Waals surface area contributed by atoms with Crippen LogP contribution in [0.4, 0.5) is 0 Å². The molecule has 1 aliphatic heterocycles. The third-order valence-electron chi connectivity index (χ3n) is 4.74. The number of carbonyl (C=O) groups excluding carboxylic acids is 1. The number of halogens is 2. The summed E-state index contributed by atoms with van der Waals surface area (Å²) < 4.78 is 0. The number of hydrogen-bond donors (Lipinski definition) is 2. The van der Waals surface area contributed by atoms with Crippen LogP contribution in [0.2, 0.25) is 0 Å². The van der Waals surface area contributed by atoms with Crippen LogP contribution in [0, 0.1) is 5.41 Å². The van der Waals surface area contributed by atoms with Crippen LogP contribution in [-0.4, -0.2) is 34.9 Å². The van der Waals surface area contributed by atoms with Crippen molar-refractivity contribution >= 4 is 42.1 Å². The molecule has 0 bridgehead atoms. The Morgan fingerprint density at radius 2 is 1.96 bits per heavy atom. The van der Waals surface area contributed by atoms with Gasteiger partial charge in [-0.25, -0.2) is 4.98 Å². The average Bonchev–Trinajstić information content (AvgIpc) is 2.99. The highest BCUT2D eigenvalue weighted by Gasteiger charge is 2.33. The van der Waals surface area contributed by atoms with Gasteiger partial charge in [-0.3, -0.25) is 9.69 Å². The molecule has 2 heterocycles. The quantitative estimate of drug-likeness (QED) is 0.799. The second-order valence-corrected chi connectivity index (χ2v) is 8.04. The van der Waals surface area contributed by atoms with Gasteiger partial charge >= 0.3 is 0 Å². The summed E-state index contributed by atoms with van der Waals surface area (Å²) in [6.45, 7) is 7.33. The molecular formula is C18H26Cl2N4OS. The predicted octanol–water partition coefficient (Wildman–Crippen LogP) is 3.31. The third-order valence-corrected chi connectivity index (χ3v) is 5.69. The number of nitrogens with zero attached hydrogens (tertiary/aromatic N) is 2. The summed E-state index contributed by atoms with van der Waals surface area (Å²) in [7, 11) is 0. The number of hydrogen-bond acceptors (Lipinski definition) is 5. The van der Waals surface area contributed by atoms with E-state index in [0.29, 0.717) is 5.56 Å². The van der Waals surface area contributed by atoms with Crippen LogP contribution in [0.25, 0.3) is 10.6 Å². The molecular weight excluding hydrogens is 391 g/mol. The van der Waals surface area contributed by atoms with E-state index in [1.807, 2.05) is 12.1 Å². The van der Waals surface area contributed by atoms with Gasteiger partial charge in [0.1, 0.15) is 5.01 Å². The lowest BCUT2D eigenvalue weighted by molar-refractivity contribution is 0.0891.